The van der Waals surface area contributed by atoms with Gasteiger partial charge < -0.3 is 15.4 Å². The average molecular weight is 405 g/mol. The summed E-state index contributed by atoms with van der Waals surface area (Å²) in [5.41, 5.74) is 2.76. The number of hydrogen-bond acceptors (Lipinski definition) is 3. The van der Waals surface area contributed by atoms with Crippen LogP contribution in [0.5, 0.6) is 5.75 Å². The van der Waals surface area contributed by atoms with Crippen molar-refractivity contribution in [1.82, 2.24) is 0 Å². The van der Waals surface area contributed by atoms with Gasteiger partial charge in [-0.1, -0.05) is 29.8 Å². The fourth-order valence-electron chi connectivity index (χ4n) is 2.74. The Labute approximate surface area is 169 Å². The van der Waals surface area contributed by atoms with E-state index in [0.29, 0.717) is 33.7 Å². The maximum absolute atomic E-state index is 12.6. The molecule has 4 nitrogen and oxygen atoms in total. The molecule has 1 amide bonds. The standard InChI is InChI=1S/C21H22Cl2N2O2/c1-3-27-20-9-6-15(11-19(20)24-13(2)10-14-4-5-14)21(26)25-16-7-8-17(22)18(23)12-16/h6-9,11-12,14,24H,2-5,10H2,1H3,(H,25,26). The zero-order chi connectivity index (χ0) is 19.4. The van der Waals surface area contributed by atoms with Crippen LogP contribution in [0.15, 0.2) is 48.7 Å². The van der Waals surface area contributed by atoms with E-state index in [1.165, 1.54) is 12.8 Å². The Morgan fingerprint density at radius 1 is 1.15 bits per heavy atom. The number of ether oxygens (including phenoxy) is 1. The number of carbonyl (C=O) groups is 1. The van der Waals surface area contributed by atoms with Crippen LogP contribution in [0, 0.1) is 5.92 Å². The van der Waals surface area contributed by atoms with Crippen LogP contribution in [0.3, 0.4) is 0 Å². The number of halogens is 2. The summed E-state index contributed by atoms with van der Waals surface area (Å²) in [5.74, 6) is 1.18. The van der Waals surface area contributed by atoms with Crippen LogP contribution in [0.1, 0.15) is 36.5 Å². The minimum absolute atomic E-state index is 0.243. The van der Waals surface area contributed by atoms with Gasteiger partial charge in [-0.2, -0.15) is 0 Å². The first-order valence-corrected chi connectivity index (χ1v) is 9.70. The average Bonchev–Trinajstić information content (AvgIpc) is 3.43. The van der Waals surface area contributed by atoms with Gasteiger partial charge in [-0.15, -0.1) is 0 Å². The van der Waals surface area contributed by atoms with Crippen molar-refractivity contribution in [2.45, 2.75) is 26.2 Å². The number of benzene rings is 2. The van der Waals surface area contributed by atoms with E-state index in [2.05, 4.69) is 17.2 Å². The summed E-state index contributed by atoms with van der Waals surface area (Å²) < 4.78 is 5.67. The van der Waals surface area contributed by atoms with E-state index >= 15 is 0 Å². The van der Waals surface area contributed by atoms with E-state index in [4.69, 9.17) is 27.9 Å². The molecule has 6 heteroatoms. The molecule has 3 rings (SSSR count). The van der Waals surface area contributed by atoms with Gasteiger partial charge in [0.2, 0.25) is 0 Å². The highest BCUT2D eigenvalue weighted by molar-refractivity contribution is 6.42. The Balaban J connectivity index is 1.77. The second kappa shape index (κ2) is 8.68. The highest BCUT2D eigenvalue weighted by Crippen LogP contribution is 2.36. The predicted octanol–water partition coefficient (Wildman–Crippen LogP) is 6.37. The maximum atomic E-state index is 12.6. The number of allylic oxidation sites excluding steroid dienone is 1. The lowest BCUT2D eigenvalue weighted by Crippen LogP contribution is -2.13. The molecule has 2 N–H and O–H groups in total. The first-order chi connectivity index (χ1) is 13.0. The van der Waals surface area contributed by atoms with E-state index in [0.717, 1.165) is 23.7 Å². The third kappa shape index (κ3) is 5.41. The number of hydrogen-bond donors (Lipinski definition) is 2. The number of amides is 1. The molecule has 27 heavy (non-hydrogen) atoms. The quantitative estimate of drug-likeness (QED) is 0.537. The van der Waals surface area contributed by atoms with Crippen LogP contribution in [0.25, 0.3) is 0 Å². The Hall–Kier alpha value is -2.17. The molecule has 1 aliphatic rings. The van der Waals surface area contributed by atoms with Crippen LogP contribution in [-0.2, 0) is 0 Å². The van der Waals surface area contributed by atoms with Gasteiger partial charge in [0.05, 0.1) is 22.3 Å². The summed E-state index contributed by atoms with van der Waals surface area (Å²) in [4.78, 5) is 12.6. The number of nitrogens with one attached hydrogen (secondary N) is 2. The van der Waals surface area contributed by atoms with Gasteiger partial charge >= 0.3 is 0 Å². The minimum Gasteiger partial charge on any atom is -0.492 e. The summed E-state index contributed by atoms with van der Waals surface area (Å²) in [6, 6.07) is 10.3. The van der Waals surface area contributed by atoms with Crippen LogP contribution >= 0.6 is 23.2 Å². The van der Waals surface area contributed by atoms with Crippen LogP contribution in [0.2, 0.25) is 10.0 Å². The molecule has 1 saturated carbocycles. The van der Waals surface area contributed by atoms with Gasteiger partial charge in [0.25, 0.3) is 5.91 Å². The first-order valence-electron chi connectivity index (χ1n) is 8.94. The Kier molecular flexibility index (Phi) is 6.30. The van der Waals surface area contributed by atoms with E-state index in [1.54, 1.807) is 36.4 Å². The summed E-state index contributed by atoms with van der Waals surface area (Å²) in [7, 11) is 0. The van der Waals surface area contributed by atoms with Gasteiger partial charge in [0.15, 0.2) is 0 Å². The van der Waals surface area contributed by atoms with Gasteiger partial charge in [0, 0.05) is 16.9 Å². The molecule has 0 aliphatic heterocycles. The van der Waals surface area contributed by atoms with Gasteiger partial charge in [0.1, 0.15) is 5.75 Å². The first kappa shape index (κ1) is 19.6. The molecule has 2 aromatic rings. The molecule has 0 radical (unpaired) electrons. The largest absolute Gasteiger partial charge is 0.492 e. The molecule has 0 atom stereocenters. The van der Waals surface area contributed by atoms with E-state index in [9.17, 15) is 4.79 Å². The molecule has 1 aliphatic carbocycles. The summed E-state index contributed by atoms with van der Waals surface area (Å²) in [6.07, 6.45) is 3.45. The van der Waals surface area contributed by atoms with Crippen LogP contribution in [0.4, 0.5) is 11.4 Å². The number of anilines is 2. The zero-order valence-corrected chi connectivity index (χ0v) is 16.7. The monoisotopic (exact) mass is 404 g/mol. The zero-order valence-electron chi connectivity index (χ0n) is 15.1. The molecular weight excluding hydrogens is 383 g/mol. The normalized spacial score (nSPS) is 13.1. The van der Waals surface area contributed by atoms with Gasteiger partial charge in [-0.25, -0.2) is 0 Å². The summed E-state index contributed by atoms with van der Waals surface area (Å²) >= 11 is 11.9. The SMILES string of the molecule is C=C(CC1CC1)Nc1cc(C(=O)Nc2ccc(Cl)c(Cl)c2)ccc1OCC. The topological polar surface area (TPSA) is 50.4 Å². The molecule has 0 saturated heterocycles. The van der Waals surface area contributed by atoms with Crippen molar-refractivity contribution in [3.63, 3.8) is 0 Å². The van der Waals surface area contributed by atoms with Crippen molar-refractivity contribution in [2.75, 3.05) is 17.2 Å². The third-order valence-electron chi connectivity index (χ3n) is 4.26. The van der Waals surface area contributed by atoms with E-state index in [1.807, 2.05) is 6.92 Å². The van der Waals surface area contributed by atoms with Crippen molar-refractivity contribution in [3.8, 4) is 5.75 Å². The lowest BCUT2D eigenvalue weighted by atomic mass is 10.1. The van der Waals surface area contributed by atoms with Crippen molar-refractivity contribution in [2.24, 2.45) is 5.92 Å². The highest BCUT2D eigenvalue weighted by atomic mass is 35.5. The molecule has 1 fully saturated rings. The van der Waals surface area contributed by atoms with Crippen molar-refractivity contribution < 1.29 is 9.53 Å². The third-order valence-corrected chi connectivity index (χ3v) is 5.00. The Bertz CT molecular complexity index is 863. The second-order valence-electron chi connectivity index (χ2n) is 6.60. The molecule has 2 aromatic carbocycles. The highest BCUT2D eigenvalue weighted by Gasteiger charge is 2.22. The van der Waals surface area contributed by atoms with Crippen molar-refractivity contribution in [1.29, 1.82) is 0 Å². The molecule has 0 unspecified atom stereocenters. The molecule has 142 valence electrons. The lowest BCUT2D eigenvalue weighted by molar-refractivity contribution is 0.102. The van der Waals surface area contributed by atoms with Gasteiger partial charge in [-0.05, 0) is 68.5 Å². The summed E-state index contributed by atoms with van der Waals surface area (Å²) in [6.45, 7) is 6.56. The molecular formula is C21H22Cl2N2O2. The number of carbonyl (C=O) groups excluding carboxylic acids is 1. The molecule has 0 aromatic heterocycles. The fourth-order valence-corrected chi connectivity index (χ4v) is 3.04. The number of rotatable bonds is 8. The van der Waals surface area contributed by atoms with E-state index in [-0.39, 0.29) is 5.91 Å². The molecule has 0 heterocycles. The fraction of sp³-hybridized carbons (Fsp3) is 0.286. The lowest BCUT2D eigenvalue weighted by Gasteiger charge is -2.15. The van der Waals surface area contributed by atoms with Crippen LogP contribution in [-0.4, -0.2) is 12.5 Å². The second-order valence-corrected chi connectivity index (χ2v) is 7.42. The molecule has 0 bridgehead atoms. The van der Waals surface area contributed by atoms with Gasteiger partial charge in [-0.3, -0.25) is 4.79 Å². The van der Waals surface area contributed by atoms with Crippen molar-refractivity contribution >= 4 is 40.5 Å². The Morgan fingerprint density at radius 3 is 2.59 bits per heavy atom. The van der Waals surface area contributed by atoms with Crippen LogP contribution < -0.4 is 15.4 Å². The smallest absolute Gasteiger partial charge is 0.255 e. The molecule has 0 spiro atoms. The summed E-state index contributed by atoms with van der Waals surface area (Å²) in [5, 5.41) is 6.96. The Morgan fingerprint density at radius 2 is 1.93 bits per heavy atom. The minimum atomic E-state index is -0.243. The maximum Gasteiger partial charge on any atom is 0.255 e. The van der Waals surface area contributed by atoms with E-state index < -0.39 is 0 Å². The predicted molar refractivity (Wildman–Crippen MR) is 112 cm³/mol. The van der Waals surface area contributed by atoms with Crippen molar-refractivity contribution in [3.05, 3.63) is 64.3 Å².